The number of hydrogen-bond donors (Lipinski definition) is 2. The summed E-state index contributed by atoms with van der Waals surface area (Å²) in [5, 5.41) is 5.96. The molecule has 1 amide bonds. The molecule has 0 saturated heterocycles. The average molecular weight is 264 g/mol. The minimum atomic E-state index is -0.212. The molecule has 2 rings (SSSR count). The van der Waals surface area contributed by atoms with E-state index in [1.54, 1.807) is 0 Å². The van der Waals surface area contributed by atoms with Gasteiger partial charge in [-0.05, 0) is 37.6 Å². The minimum absolute atomic E-state index is 0.0169. The van der Waals surface area contributed by atoms with E-state index >= 15 is 0 Å². The molecule has 0 atom stereocenters. The first-order valence-corrected chi connectivity index (χ1v) is 6.84. The monoisotopic (exact) mass is 264 g/mol. The molecular weight excluding hydrogens is 243 g/mol. The molecule has 1 aliphatic rings. The molecule has 3 nitrogen and oxygen atoms in total. The van der Waals surface area contributed by atoms with Gasteiger partial charge in [0.05, 0.1) is 0 Å². The number of amides is 1. The first-order chi connectivity index (χ1) is 9.16. The predicted octanol–water partition coefficient (Wildman–Crippen LogP) is 1.97. The predicted molar refractivity (Wildman–Crippen MR) is 73.5 cm³/mol. The second-order valence-corrected chi connectivity index (χ2v) is 5.27. The van der Waals surface area contributed by atoms with Gasteiger partial charge in [0.2, 0.25) is 5.91 Å². The first-order valence-electron chi connectivity index (χ1n) is 6.84. The molecule has 0 aliphatic heterocycles. The Hall–Kier alpha value is -1.42. The van der Waals surface area contributed by atoms with E-state index in [1.165, 1.54) is 18.6 Å². The number of carbonyl (C=O) groups is 1. The summed E-state index contributed by atoms with van der Waals surface area (Å²) in [7, 11) is 1.83. The quantitative estimate of drug-likeness (QED) is 0.825. The standard InChI is InChI=1S/C15H21FN2O/c1-17-10-7-14(19)18-11-15(8-2-9-15)12-3-5-13(16)6-4-12/h3-6,17H,2,7-11H2,1H3,(H,18,19). The third kappa shape index (κ3) is 3.32. The molecule has 0 spiro atoms. The smallest absolute Gasteiger partial charge is 0.221 e. The van der Waals surface area contributed by atoms with Gasteiger partial charge in [0.25, 0.3) is 0 Å². The number of carbonyl (C=O) groups excluding carboxylic acids is 1. The minimum Gasteiger partial charge on any atom is -0.355 e. The summed E-state index contributed by atoms with van der Waals surface area (Å²) in [5.74, 6) is -0.140. The van der Waals surface area contributed by atoms with Crippen LogP contribution < -0.4 is 10.6 Å². The van der Waals surface area contributed by atoms with Gasteiger partial charge in [-0.1, -0.05) is 18.6 Å². The molecule has 1 aromatic carbocycles. The molecule has 4 heteroatoms. The largest absolute Gasteiger partial charge is 0.355 e. The van der Waals surface area contributed by atoms with E-state index in [0.29, 0.717) is 19.5 Å². The van der Waals surface area contributed by atoms with E-state index in [-0.39, 0.29) is 17.1 Å². The fraction of sp³-hybridized carbons (Fsp3) is 0.533. The van der Waals surface area contributed by atoms with Crippen LogP contribution in [0.25, 0.3) is 0 Å². The van der Waals surface area contributed by atoms with Crippen molar-refractivity contribution >= 4 is 5.91 Å². The molecule has 0 aromatic heterocycles. The number of benzene rings is 1. The first kappa shape index (κ1) is 14.0. The molecule has 19 heavy (non-hydrogen) atoms. The third-order valence-electron chi connectivity index (χ3n) is 3.99. The van der Waals surface area contributed by atoms with Crippen LogP contribution in [-0.2, 0) is 10.2 Å². The van der Waals surface area contributed by atoms with Crippen molar-refractivity contribution < 1.29 is 9.18 Å². The van der Waals surface area contributed by atoms with Crippen molar-refractivity contribution in [3.05, 3.63) is 35.6 Å². The Morgan fingerprint density at radius 1 is 1.32 bits per heavy atom. The molecule has 0 unspecified atom stereocenters. The molecule has 1 fully saturated rings. The van der Waals surface area contributed by atoms with E-state index in [9.17, 15) is 9.18 Å². The molecule has 1 aliphatic carbocycles. The lowest BCUT2D eigenvalue weighted by molar-refractivity contribution is -0.121. The highest BCUT2D eigenvalue weighted by Gasteiger charge is 2.38. The van der Waals surface area contributed by atoms with Crippen molar-refractivity contribution in [3.63, 3.8) is 0 Å². The Morgan fingerprint density at radius 3 is 2.53 bits per heavy atom. The summed E-state index contributed by atoms with van der Waals surface area (Å²) < 4.78 is 13.0. The van der Waals surface area contributed by atoms with Gasteiger partial charge in [0, 0.05) is 24.9 Å². The Kier molecular flexibility index (Phi) is 4.53. The Labute approximate surface area is 113 Å². The van der Waals surface area contributed by atoms with Crippen LogP contribution >= 0.6 is 0 Å². The molecule has 0 radical (unpaired) electrons. The molecule has 2 N–H and O–H groups in total. The fourth-order valence-electron chi connectivity index (χ4n) is 2.57. The van der Waals surface area contributed by atoms with Crippen molar-refractivity contribution in [1.82, 2.24) is 10.6 Å². The molecule has 104 valence electrons. The topological polar surface area (TPSA) is 41.1 Å². The number of hydrogen-bond acceptors (Lipinski definition) is 2. The third-order valence-corrected chi connectivity index (χ3v) is 3.99. The molecule has 0 heterocycles. The zero-order valence-corrected chi connectivity index (χ0v) is 11.3. The Bertz CT molecular complexity index is 426. The zero-order valence-electron chi connectivity index (χ0n) is 11.3. The van der Waals surface area contributed by atoms with Gasteiger partial charge >= 0.3 is 0 Å². The summed E-state index contributed by atoms with van der Waals surface area (Å²) >= 11 is 0. The average Bonchev–Trinajstić information content (AvgIpc) is 2.37. The van der Waals surface area contributed by atoms with Gasteiger partial charge < -0.3 is 10.6 Å². The molecule has 1 saturated carbocycles. The second-order valence-electron chi connectivity index (χ2n) is 5.27. The highest BCUT2D eigenvalue weighted by molar-refractivity contribution is 5.76. The lowest BCUT2D eigenvalue weighted by atomic mass is 9.64. The van der Waals surface area contributed by atoms with Gasteiger partial charge in [-0.3, -0.25) is 4.79 Å². The van der Waals surface area contributed by atoms with Crippen LogP contribution in [0, 0.1) is 5.82 Å². The van der Waals surface area contributed by atoms with E-state index < -0.39 is 0 Å². The maximum atomic E-state index is 13.0. The Balaban J connectivity index is 1.95. The summed E-state index contributed by atoms with van der Waals surface area (Å²) in [6, 6.07) is 6.68. The van der Waals surface area contributed by atoms with Crippen LogP contribution in [0.4, 0.5) is 4.39 Å². The summed E-state index contributed by atoms with van der Waals surface area (Å²) in [6.45, 7) is 1.34. The van der Waals surface area contributed by atoms with E-state index in [2.05, 4.69) is 10.6 Å². The highest BCUT2D eigenvalue weighted by Crippen LogP contribution is 2.43. The highest BCUT2D eigenvalue weighted by atomic mass is 19.1. The van der Waals surface area contributed by atoms with Gasteiger partial charge in [0.15, 0.2) is 0 Å². The maximum absolute atomic E-state index is 13.0. The Morgan fingerprint density at radius 2 is 2.00 bits per heavy atom. The van der Waals surface area contributed by atoms with E-state index in [1.807, 2.05) is 19.2 Å². The van der Waals surface area contributed by atoms with Crippen LogP contribution in [0.3, 0.4) is 0 Å². The van der Waals surface area contributed by atoms with Crippen molar-refractivity contribution in [3.8, 4) is 0 Å². The van der Waals surface area contributed by atoms with E-state index in [0.717, 1.165) is 18.4 Å². The SMILES string of the molecule is CNCCC(=O)NCC1(c2ccc(F)cc2)CCC1. The van der Waals surface area contributed by atoms with Crippen LogP contribution in [0.15, 0.2) is 24.3 Å². The second kappa shape index (κ2) is 6.15. The van der Waals surface area contributed by atoms with Gasteiger partial charge in [-0.2, -0.15) is 0 Å². The normalized spacial score (nSPS) is 16.7. The lowest BCUT2D eigenvalue weighted by Crippen LogP contribution is -2.45. The van der Waals surface area contributed by atoms with Crippen LogP contribution in [-0.4, -0.2) is 26.0 Å². The number of halogens is 1. The van der Waals surface area contributed by atoms with Crippen LogP contribution in [0.1, 0.15) is 31.2 Å². The summed E-state index contributed by atoms with van der Waals surface area (Å²) in [5.41, 5.74) is 1.15. The number of nitrogens with one attached hydrogen (secondary N) is 2. The summed E-state index contributed by atoms with van der Waals surface area (Å²) in [6.07, 6.45) is 3.79. The van der Waals surface area contributed by atoms with Gasteiger partial charge in [-0.15, -0.1) is 0 Å². The molecule has 0 bridgehead atoms. The van der Waals surface area contributed by atoms with E-state index in [4.69, 9.17) is 0 Å². The lowest BCUT2D eigenvalue weighted by Gasteiger charge is -2.42. The molecule has 1 aromatic rings. The van der Waals surface area contributed by atoms with Crippen molar-refractivity contribution in [2.75, 3.05) is 20.1 Å². The fourth-order valence-corrected chi connectivity index (χ4v) is 2.57. The van der Waals surface area contributed by atoms with Gasteiger partial charge in [-0.25, -0.2) is 4.39 Å². The number of rotatable bonds is 6. The zero-order chi connectivity index (χ0) is 13.7. The summed E-state index contributed by atoms with van der Waals surface area (Å²) in [4.78, 5) is 11.7. The van der Waals surface area contributed by atoms with Crippen LogP contribution in [0.2, 0.25) is 0 Å². The maximum Gasteiger partial charge on any atom is 0.221 e. The van der Waals surface area contributed by atoms with Crippen molar-refractivity contribution in [1.29, 1.82) is 0 Å². The molecular formula is C15H21FN2O. The van der Waals surface area contributed by atoms with Crippen LogP contribution in [0.5, 0.6) is 0 Å². The van der Waals surface area contributed by atoms with Crippen molar-refractivity contribution in [2.45, 2.75) is 31.1 Å². The van der Waals surface area contributed by atoms with Crippen molar-refractivity contribution in [2.24, 2.45) is 0 Å². The van der Waals surface area contributed by atoms with Gasteiger partial charge in [0.1, 0.15) is 5.82 Å².